The zero-order valence-corrected chi connectivity index (χ0v) is 21.7. The molecule has 0 saturated carbocycles. The highest BCUT2D eigenvalue weighted by Crippen LogP contribution is 2.41. The molecule has 11 heteroatoms. The quantitative estimate of drug-likeness (QED) is 0.294. The van der Waals surface area contributed by atoms with Crippen LogP contribution in [0.5, 0.6) is 23.0 Å². The number of carbonyl (C=O) groups excluding carboxylic acids is 2. The zero-order valence-electron chi connectivity index (χ0n) is 21.7. The number of benzene rings is 2. The van der Waals surface area contributed by atoms with Crippen LogP contribution in [0.1, 0.15) is 42.9 Å². The lowest BCUT2D eigenvalue weighted by molar-refractivity contribution is -0.144. The number of ether oxygens (including phenoxy) is 5. The third kappa shape index (κ3) is 5.77. The molecule has 1 atom stereocenters. The fourth-order valence-electron chi connectivity index (χ4n) is 4.59. The molecule has 2 aliphatic heterocycles. The summed E-state index contributed by atoms with van der Waals surface area (Å²) >= 11 is 0. The van der Waals surface area contributed by atoms with Crippen LogP contribution in [0.25, 0.3) is 0 Å². The maximum Gasteiger partial charge on any atom is 0.306 e. The molecule has 0 amide bonds. The van der Waals surface area contributed by atoms with Crippen molar-refractivity contribution in [1.82, 2.24) is 5.32 Å². The molecule has 2 heterocycles. The van der Waals surface area contributed by atoms with Crippen LogP contribution in [0.2, 0.25) is 0 Å². The van der Waals surface area contributed by atoms with Crippen LogP contribution in [0.15, 0.2) is 12.1 Å². The maximum absolute atomic E-state index is 15.4. The van der Waals surface area contributed by atoms with Crippen LogP contribution in [0, 0.1) is 11.6 Å². The van der Waals surface area contributed by atoms with Gasteiger partial charge in [-0.2, -0.15) is 0 Å². The summed E-state index contributed by atoms with van der Waals surface area (Å²) in [5.74, 6) is -1.26. The number of esters is 1. The van der Waals surface area contributed by atoms with E-state index in [1.54, 1.807) is 19.1 Å². The number of hydrogen-bond acceptors (Lipinski definition) is 9. The lowest BCUT2D eigenvalue weighted by Gasteiger charge is -2.16. The van der Waals surface area contributed by atoms with Crippen molar-refractivity contribution < 1.29 is 42.1 Å². The first kappa shape index (κ1) is 27.4. The molecular weight excluding hydrogens is 502 g/mol. The van der Waals surface area contributed by atoms with Crippen molar-refractivity contribution in [3.05, 3.63) is 40.5 Å². The molecule has 0 fully saturated rings. The van der Waals surface area contributed by atoms with E-state index in [0.717, 1.165) is 5.56 Å². The van der Waals surface area contributed by atoms with Crippen LogP contribution in [0.4, 0.5) is 14.5 Å². The summed E-state index contributed by atoms with van der Waals surface area (Å²) < 4.78 is 57.1. The minimum absolute atomic E-state index is 0.00128. The molecule has 4 rings (SSSR count). The molecule has 0 bridgehead atoms. The van der Waals surface area contributed by atoms with Gasteiger partial charge in [0.05, 0.1) is 46.5 Å². The number of hydrogen-bond donors (Lipinski definition) is 2. The normalized spacial score (nSPS) is 15.3. The predicted molar refractivity (Wildman–Crippen MR) is 134 cm³/mol. The van der Waals surface area contributed by atoms with Gasteiger partial charge in [-0.05, 0) is 18.6 Å². The first-order valence-corrected chi connectivity index (χ1v) is 12.6. The van der Waals surface area contributed by atoms with Gasteiger partial charge in [-0.15, -0.1) is 0 Å². The van der Waals surface area contributed by atoms with E-state index < -0.39 is 23.6 Å². The number of carbonyl (C=O) groups is 2. The van der Waals surface area contributed by atoms with Crippen LogP contribution in [0.3, 0.4) is 0 Å². The molecule has 0 saturated heterocycles. The van der Waals surface area contributed by atoms with Crippen molar-refractivity contribution in [3.63, 3.8) is 0 Å². The highest BCUT2D eigenvalue weighted by Gasteiger charge is 2.32. The maximum atomic E-state index is 15.4. The molecule has 2 aliphatic rings. The van der Waals surface area contributed by atoms with Crippen LogP contribution < -0.4 is 29.6 Å². The van der Waals surface area contributed by atoms with E-state index in [9.17, 15) is 14.0 Å². The molecule has 2 aromatic carbocycles. The largest absolute Gasteiger partial charge is 0.493 e. The lowest BCUT2D eigenvalue weighted by atomic mass is 10.0. The first-order chi connectivity index (χ1) is 18.4. The monoisotopic (exact) mass is 534 g/mol. The number of anilines is 1. The van der Waals surface area contributed by atoms with E-state index in [4.69, 9.17) is 23.7 Å². The Bertz CT molecular complexity index is 1200. The Kier molecular flexibility index (Phi) is 8.88. The third-order valence-electron chi connectivity index (χ3n) is 6.52. The van der Waals surface area contributed by atoms with Crippen LogP contribution in [-0.4, -0.2) is 51.8 Å². The third-order valence-corrected chi connectivity index (χ3v) is 6.52. The Morgan fingerprint density at radius 2 is 1.61 bits per heavy atom. The number of nitrogens with one attached hydrogen (secondary N) is 2. The number of methoxy groups -OCH3 is 2. The molecule has 9 nitrogen and oxygen atoms in total. The number of rotatable bonds is 13. The Morgan fingerprint density at radius 3 is 2.26 bits per heavy atom. The molecule has 2 aromatic rings. The minimum atomic E-state index is -0.658. The summed E-state index contributed by atoms with van der Waals surface area (Å²) in [5, 5.41) is 6.11. The number of Topliss-reactive ketones (excluding diaryl/α,β-unsaturated/α-hetero) is 1. The van der Waals surface area contributed by atoms with E-state index in [1.165, 1.54) is 14.2 Å². The smallest absolute Gasteiger partial charge is 0.306 e. The fourth-order valence-corrected chi connectivity index (χ4v) is 4.59. The van der Waals surface area contributed by atoms with E-state index in [0.29, 0.717) is 42.1 Å². The van der Waals surface area contributed by atoms with E-state index in [1.807, 2.05) is 0 Å². The summed E-state index contributed by atoms with van der Waals surface area (Å²) in [4.78, 5) is 24.1. The summed E-state index contributed by atoms with van der Waals surface area (Å²) in [5.41, 5.74) is 2.16. The van der Waals surface area contributed by atoms with Crippen molar-refractivity contribution in [1.29, 1.82) is 0 Å². The molecule has 0 aromatic heterocycles. The van der Waals surface area contributed by atoms with Gasteiger partial charge in [-0.25, -0.2) is 8.78 Å². The van der Waals surface area contributed by atoms with Gasteiger partial charge >= 0.3 is 5.97 Å². The van der Waals surface area contributed by atoms with E-state index in [-0.39, 0.29) is 62.1 Å². The predicted octanol–water partition coefficient (Wildman–Crippen LogP) is 3.68. The van der Waals surface area contributed by atoms with Gasteiger partial charge in [-0.3, -0.25) is 9.59 Å². The fraction of sp³-hybridized carbons (Fsp3) is 0.481. The second-order valence-electron chi connectivity index (χ2n) is 8.93. The molecule has 2 N–H and O–H groups in total. The minimum Gasteiger partial charge on any atom is -0.493 e. The highest BCUT2D eigenvalue weighted by molar-refractivity contribution is 5.91. The lowest BCUT2D eigenvalue weighted by Crippen LogP contribution is -2.27. The average molecular weight is 535 g/mol. The molecule has 0 spiro atoms. The van der Waals surface area contributed by atoms with Crippen molar-refractivity contribution in [3.8, 4) is 23.0 Å². The molecule has 1 unspecified atom stereocenters. The standard InChI is InChI=1S/C27H32F2N2O7/c1-4-36-23(33)7-6-20(32)19-11-16-18(31-19)12-22(35-3)27(24(16)28)38-9-5-8-37-26-21(34-2)10-15-13-30-14-17(15)25(26)29/h10,12,19,30-31H,4-9,11,13-14H2,1-3H3. The summed E-state index contributed by atoms with van der Waals surface area (Å²) in [7, 11) is 2.85. The van der Waals surface area contributed by atoms with Crippen molar-refractivity contribution in [2.45, 2.75) is 51.7 Å². The SMILES string of the molecule is CCOC(=O)CCC(=O)C1Cc2c(cc(OC)c(OCCCOc3c(OC)cc4c(c3F)CNC4)c2F)N1. The first-order valence-electron chi connectivity index (χ1n) is 12.6. The summed E-state index contributed by atoms with van der Waals surface area (Å²) in [6.07, 6.45) is 0.434. The number of ketones is 1. The topological polar surface area (TPSA) is 104 Å². The molecule has 0 aliphatic carbocycles. The van der Waals surface area contributed by atoms with Crippen molar-refractivity contribution >= 4 is 17.4 Å². The molecule has 38 heavy (non-hydrogen) atoms. The van der Waals surface area contributed by atoms with E-state index >= 15 is 4.39 Å². The Labute approximate surface area is 219 Å². The number of halogens is 2. The van der Waals surface area contributed by atoms with Gasteiger partial charge in [0.1, 0.15) is 0 Å². The van der Waals surface area contributed by atoms with Crippen LogP contribution >= 0.6 is 0 Å². The van der Waals surface area contributed by atoms with Gasteiger partial charge in [0.2, 0.25) is 0 Å². The van der Waals surface area contributed by atoms with Crippen LogP contribution in [-0.2, 0) is 33.8 Å². The van der Waals surface area contributed by atoms with Crippen molar-refractivity contribution in [2.75, 3.05) is 39.4 Å². The molecular formula is C27H32F2N2O7. The van der Waals surface area contributed by atoms with Gasteiger partial charge in [0, 0.05) is 55.2 Å². The molecule has 206 valence electrons. The Morgan fingerprint density at radius 1 is 0.947 bits per heavy atom. The highest BCUT2D eigenvalue weighted by atomic mass is 19.1. The van der Waals surface area contributed by atoms with Gasteiger partial charge in [-0.1, -0.05) is 0 Å². The zero-order chi connectivity index (χ0) is 27.2. The average Bonchev–Trinajstić information content (AvgIpc) is 3.56. The van der Waals surface area contributed by atoms with E-state index in [2.05, 4.69) is 10.6 Å². The van der Waals surface area contributed by atoms with Gasteiger partial charge in [0.15, 0.2) is 40.4 Å². The Hall–Kier alpha value is -3.60. The van der Waals surface area contributed by atoms with Gasteiger partial charge in [0.25, 0.3) is 0 Å². The Balaban J connectivity index is 1.34. The van der Waals surface area contributed by atoms with Gasteiger partial charge < -0.3 is 34.3 Å². The second-order valence-corrected chi connectivity index (χ2v) is 8.93. The second kappa shape index (κ2) is 12.3. The number of fused-ring (bicyclic) bond motifs is 2. The summed E-state index contributed by atoms with van der Waals surface area (Å²) in [6, 6.07) is 2.69. The molecule has 0 radical (unpaired) electrons. The summed E-state index contributed by atoms with van der Waals surface area (Å²) in [6.45, 7) is 3.14. The van der Waals surface area contributed by atoms with Crippen molar-refractivity contribution in [2.24, 2.45) is 0 Å².